The van der Waals surface area contributed by atoms with Gasteiger partial charge in [0.1, 0.15) is 11.9 Å². The number of carbonyl (C=O) groups is 1. The Kier molecular flexibility index (Phi) is 5.06. The van der Waals surface area contributed by atoms with E-state index in [2.05, 4.69) is 30.1 Å². The molecule has 1 atom stereocenters. The summed E-state index contributed by atoms with van der Waals surface area (Å²) in [5.41, 5.74) is 1.78. The fourth-order valence-corrected chi connectivity index (χ4v) is 5.03. The van der Waals surface area contributed by atoms with Gasteiger partial charge in [0.15, 0.2) is 0 Å². The summed E-state index contributed by atoms with van der Waals surface area (Å²) in [5.74, 6) is 1.07. The minimum absolute atomic E-state index is 0.00520. The first-order chi connectivity index (χ1) is 14.6. The van der Waals surface area contributed by atoms with Crippen LogP contribution >= 0.6 is 0 Å². The largest absolute Gasteiger partial charge is 0.460 e. The molecule has 2 aliphatic heterocycles. The highest BCUT2D eigenvalue weighted by molar-refractivity contribution is 5.79. The Morgan fingerprint density at radius 2 is 1.97 bits per heavy atom. The van der Waals surface area contributed by atoms with Gasteiger partial charge >= 0.3 is 5.97 Å². The van der Waals surface area contributed by atoms with E-state index in [9.17, 15) is 4.79 Å². The van der Waals surface area contributed by atoms with Crippen LogP contribution in [0.1, 0.15) is 31.5 Å². The molecule has 2 fully saturated rings. The summed E-state index contributed by atoms with van der Waals surface area (Å²) in [6.45, 7) is 6.72. The van der Waals surface area contributed by atoms with Gasteiger partial charge in [0.2, 0.25) is 0 Å². The second-order valence-electron chi connectivity index (χ2n) is 8.76. The summed E-state index contributed by atoms with van der Waals surface area (Å²) in [6.07, 6.45) is 9.41. The minimum atomic E-state index is -0.293. The van der Waals surface area contributed by atoms with Gasteiger partial charge < -0.3 is 18.8 Å². The molecule has 0 bridgehead atoms. The van der Waals surface area contributed by atoms with E-state index in [0.717, 1.165) is 68.7 Å². The molecular formula is C23H29N5O2. The van der Waals surface area contributed by atoms with Crippen LogP contribution in [0.3, 0.4) is 0 Å². The van der Waals surface area contributed by atoms with E-state index in [0.29, 0.717) is 6.54 Å². The van der Waals surface area contributed by atoms with Gasteiger partial charge in [-0.15, -0.1) is 0 Å². The van der Waals surface area contributed by atoms with Crippen molar-refractivity contribution in [1.29, 1.82) is 0 Å². The normalized spacial score (nSPS) is 21.5. The molecule has 1 unspecified atom stereocenters. The van der Waals surface area contributed by atoms with Gasteiger partial charge in [-0.25, -0.2) is 9.97 Å². The molecular weight excluding hydrogens is 378 g/mol. The van der Waals surface area contributed by atoms with Gasteiger partial charge in [-0.1, -0.05) is 12.1 Å². The third-order valence-electron chi connectivity index (χ3n) is 6.86. The van der Waals surface area contributed by atoms with Crippen molar-refractivity contribution in [3.63, 3.8) is 0 Å². The molecule has 5 rings (SSSR count). The Morgan fingerprint density at radius 3 is 2.77 bits per heavy atom. The molecule has 2 aromatic heterocycles. The van der Waals surface area contributed by atoms with Crippen molar-refractivity contribution in [3.05, 3.63) is 48.8 Å². The second kappa shape index (κ2) is 7.87. The molecule has 0 amide bonds. The molecule has 2 saturated heterocycles. The predicted octanol–water partition coefficient (Wildman–Crippen LogP) is 3.03. The van der Waals surface area contributed by atoms with E-state index in [-0.39, 0.29) is 17.5 Å². The number of imidazole rings is 2. The predicted molar refractivity (Wildman–Crippen MR) is 114 cm³/mol. The number of benzene rings is 1. The first-order valence-corrected chi connectivity index (χ1v) is 10.9. The van der Waals surface area contributed by atoms with E-state index >= 15 is 0 Å². The molecule has 158 valence electrons. The zero-order valence-corrected chi connectivity index (χ0v) is 17.5. The van der Waals surface area contributed by atoms with Crippen LogP contribution in [0.4, 0.5) is 0 Å². The summed E-state index contributed by atoms with van der Waals surface area (Å²) < 4.78 is 10.1. The number of piperidine rings is 1. The van der Waals surface area contributed by atoms with Gasteiger partial charge in [0.05, 0.1) is 29.3 Å². The molecule has 2 aliphatic rings. The van der Waals surface area contributed by atoms with Gasteiger partial charge in [-0.05, 0) is 58.0 Å². The highest BCUT2D eigenvalue weighted by Gasteiger charge is 2.50. The number of aryl methyl sites for hydroxylation is 2. The lowest BCUT2D eigenvalue weighted by Gasteiger charge is -2.36. The minimum Gasteiger partial charge on any atom is -0.460 e. The summed E-state index contributed by atoms with van der Waals surface area (Å²) in [6, 6.07) is 8.09. The number of rotatable bonds is 6. The number of hydrogen-bond donors (Lipinski definition) is 0. The highest BCUT2D eigenvalue weighted by atomic mass is 16.6. The number of ether oxygens (including phenoxy) is 1. The number of nitrogens with zero attached hydrogens (tertiary/aromatic N) is 5. The maximum absolute atomic E-state index is 12.8. The molecule has 30 heavy (non-hydrogen) atoms. The number of carbonyl (C=O) groups excluding carboxylic acids is 1. The van der Waals surface area contributed by atoms with Gasteiger partial charge in [-0.2, -0.15) is 0 Å². The van der Waals surface area contributed by atoms with Crippen LogP contribution in [0.15, 0.2) is 43.0 Å². The lowest BCUT2D eigenvalue weighted by Crippen LogP contribution is -2.43. The number of cyclic esters (lactones) is 1. The molecule has 1 spiro atoms. The van der Waals surface area contributed by atoms with Crippen LogP contribution in [-0.4, -0.2) is 55.7 Å². The van der Waals surface area contributed by atoms with Crippen LogP contribution < -0.4 is 0 Å². The number of esters is 1. The topological polar surface area (TPSA) is 65.2 Å². The standard InChI is InChI=1S/C23H29N5O2/c1-18-24-9-14-27(18)11-4-10-26-12-7-23(8-13-26)15-19(30-22(23)29)16-28-17-25-20-5-2-3-6-21(20)28/h2-3,5-6,9,14,17,19H,4,7-8,10-13,15-16H2,1H3. The van der Waals surface area contributed by atoms with Gasteiger partial charge in [0.25, 0.3) is 0 Å². The van der Waals surface area contributed by atoms with Crippen molar-refractivity contribution in [2.45, 2.75) is 51.8 Å². The monoisotopic (exact) mass is 407 g/mol. The number of likely N-dealkylation sites (tertiary alicyclic amines) is 1. The fraction of sp³-hybridized carbons (Fsp3) is 0.522. The summed E-state index contributed by atoms with van der Waals surface area (Å²) in [7, 11) is 0. The summed E-state index contributed by atoms with van der Waals surface area (Å²) in [5, 5.41) is 0. The number of aromatic nitrogens is 4. The van der Waals surface area contributed by atoms with Crippen LogP contribution in [-0.2, 0) is 22.6 Å². The molecule has 0 saturated carbocycles. The first kappa shape index (κ1) is 19.3. The molecule has 7 nitrogen and oxygen atoms in total. The van der Waals surface area contributed by atoms with Crippen molar-refractivity contribution in [1.82, 2.24) is 24.0 Å². The third-order valence-corrected chi connectivity index (χ3v) is 6.86. The van der Waals surface area contributed by atoms with Crippen molar-refractivity contribution < 1.29 is 9.53 Å². The Hall–Kier alpha value is -2.67. The zero-order valence-electron chi connectivity index (χ0n) is 17.5. The number of fused-ring (bicyclic) bond motifs is 1. The van der Waals surface area contributed by atoms with Gasteiger partial charge in [-0.3, -0.25) is 4.79 Å². The van der Waals surface area contributed by atoms with E-state index in [1.54, 1.807) is 0 Å². The Morgan fingerprint density at radius 1 is 1.13 bits per heavy atom. The Bertz CT molecular complexity index is 1030. The average Bonchev–Trinajstić information content (AvgIpc) is 3.43. The zero-order chi connectivity index (χ0) is 20.6. The van der Waals surface area contributed by atoms with Crippen LogP contribution in [0.25, 0.3) is 11.0 Å². The quantitative estimate of drug-likeness (QED) is 0.588. The molecule has 0 radical (unpaired) electrons. The van der Waals surface area contributed by atoms with Crippen molar-refractivity contribution in [2.75, 3.05) is 19.6 Å². The number of hydrogen-bond acceptors (Lipinski definition) is 5. The van der Waals surface area contributed by atoms with Crippen molar-refractivity contribution in [3.8, 4) is 0 Å². The fourth-order valence-electron chi connectivity index (χ4n) is 5.03. The Balaban J connectivity index is 1.14. The SMILES string of the molecule is Cc1nccn1CCCN1CCC2(CC1)CC(Cn1cnc3ccccc31)OC2=O. The maximum atomic E-state index is 12.8. The van der Waals surface area contributed by atoms with E-state index in [4.69, 9.17) is 4.74 Å². The van der Waals surface area contributed by atoms with Crippen LogP contribution in [0.5, 0.6) is 0 Å². The van der Waals surface area contributed by atoms with E-state index in [1.807, 2.05) is 43.8 Å². The summed E-state index contributed by atoms with van der Waals surface area (Å²) >= 11 is 0. The van der Waals surface area contributed by atoms with E-state index in [1.165, 1.54) is 0 Å². The average molecular weight is 408 g/mol. The van der Waals surface area contributed by atoms with Crippen molar-refractivity contribution in [2.24, 2.45) is 5.41 Å². The molecule has 7 heteroatoms. The van der Waals surface area contributed by atoms with Gasteiger partial charge in [0, 0.05) is 25.4 Å². The summed E-state index contributed by atoms with van der Waals surface area (Å²) in [4.78, 5) is 24.0. The highest BCUT2D eigenvalue weighted by Crippen LogP contribution is 2.43. The van der Waals surface area contributed by atoms with Crippen LogP contribution in [0.2, 0.25) is 0 Å². The van der Waals surface area contributed by atoms with E-state index < -0.39 is 0 Å². The smallest absolute Gasteiger partial charge is 0.312 e. The molecule has 4 heterocycles. The van der Waals surface area contributed by atoms with Crippen molar-refractivity contribution >= 4 is 17.0 Å². The third kappa shape index (κ3) is 3.62. The first-order valence-electron chi connectivity index (χ1n) is 10.9. The lowest BCUT2D eigenvalue weighted by molar-refractivity contribution is -0.151. The molecule has 3 aromatic rings. The molecule has 1 aromatic carbocycles. The maximum Gasteiger partial charge on any atom is 0.312 e. The number of para-hydroxylation sites is 2. The Labute approximate surface area is 176 Å². The van der Waals surface area contributed by atoms with Crippen LogP contribution in [0, 0.1) is 12.3 Å². The molecule has 0 N–H and O–H groups in total. The molecule has 0 aliphatic carbocycles. The lowest BCUT2D eigenvalue weighted by atomic mass is 9.76. The second-order valence-corrected chi connectivity index (χ2v) is 8.76.